The van der Waals surface area contributed by atoms with E-state index < -0.39 is 0 Å². The molecule has 0 N–H and O–H groups in total. The molecule has 1 aromatic rings. The first-order valence-electron chi connectivity index (χ1n) is 4.36. The third-order valence-electron chi connectivity index (χ3n) is 1.69. The molecule has 1 aromatic carbocycles. The number of rotatable bonds is 1. The van der Waals surface area contributed by atoms with E-state index >= 15 is 0 Å². The fourth-order valence-electron chi connectivity index (χ4n) is 1.16. The minimum Gasteiger partial charge on any atom is -0.346 e. The molecule has 0 amide bonds. The molecule has 0 saturated carbocycles. The topological polar surface area (TPSA) is 78.2 Å². The summed E-state index contributed by atoms with van der Waals surface area (Å²) in [6.45, 7) is 14.9. The maximum atomic E-state index is 7.50. The second-order valence-corrected chi connectivity index (χ2v) is 2.48. The molecule has 6 heteroatoms. The van der Waals surface area contributed by atoms with Crippen LogP contribution in [-0.2, 0) is 40.8 Å². The zero-order chi connectivity index (χ0) is 13.5. The molecule has 2 rings (SSSR count). The Labute approximate surface area is 116 Å². The smallest absolute Gasteiger partial charge is 0.184 e. The summed E-state index contributed by atoms with van der Waals surface area (Å²) in [5.41, 5.74) is 1.10. The molecule has 0 bridgehead atoms. The van der Waals surface area contributed by atoms with Gasteiger partial charge in [-0.3, -0.25) is 0 Å². The molecule has 0 aromatic heterocycles. The van der Waals surface area contributed by atoms with Crippen LogP contribution in [0.3, 0.4) is 0 Å². The van der Waals surface area contributed by atoms with Crippen LogP contribution in [0.2, 0.25) is 0 Å². The summed E-state index contributed by atoms with van der Waals surface area (Å²) in [6, 6.07) is 9.98. The van der Waals surface area contributed by atoms with Crippen molar-refractivity contribution in [3.05, 3.63) is 55.8 Å². The number of hydrogen-bond donors (Lipinski definition) is 0. The summed E-state index contributed by atoms with van der Waals surface area (Å²) in [7, 11) is 0. The standard InChI is InChI=1S/C9H10O2.3CO.Cr/c1-2-4-8(5-3-1)9-10-6-7-11-9;3*1-2;/h1-5,9H,6-7H2;;;;. The molecule has 94 valence electrons. The number of hydrogen-bond acceptors (Lipinski definition) is 2. The van der Waals surface area contributed by atoms with Gasteiger partial charge in [-0.25, -0.2) is 0 Å². The van der Waals surface area contributed by atoms with Crippen LogP contribution in [0.25, 0.3) is 0 Å². The van der Waals surface area contributed by atoms with Crippen molar-refractivity contribution in [2.45, 2.75) is 6.29 Å². The Morgan fingerprint density at radius 3 is 1.61 bits per heavy atom. The second kappa shape index (κ2) is 18.3. The first-order chi connectivity index (χ1) is 8.47. The maximum absolute atomic E-state index is 7.50. The minimum atomic E-state index is -0.129. The van der Waals surface area contributed by atoms with Crippen molar-refractivity contribution in [2.75, 3.05) is 13.2 Å². The predicted octanol–water partition coefficient (Wildman–Crippen LogP) is 1.62. The second-order valence-electron chi connectivity index (χ2n) is 2.48. The average molecular weight is 286 g/mol. The van der Waals surface area contributed by atoms with Crippen molar-refractivity contribution < 1.29 is 40.8 Å². The Bertz CT molecular complexity index is 313. The van der Waals surface area contributed by atoms with Crippen molar-refractivity contribution in [3.63, 3.8) is 0 Å². The van der Waals surface area contributed by atoms with Crippen LogP contribution in [0.4, 0.5) is 0 Å². The molecule has 0 aliphatic carbocycles. The molecular weight excluding hydrogens is 276 g/mol. The van der Waals surface area contributed by atoms with E-state index in [0.29, 0.717) is 13.2 Å². The van der Waals surface area contributed by atoms with Gasteiger partial charge in [-0.2, -0.15) is 0 Å². The summed E-state index contributed by atoms with van der Waals surface area (Å²) in [5.74, 6) is 0. The molecule has 1 saturated heterocycles. The normalized spacial score (nSPS) is 11.9. The summed E-state index contributed by atoms with van der Waals surface area (Å²) in [6.07, 6.45) is -0.129. The van der Waals surface area contributed by atoms with Crippen molar-refractivity contribution >= 4 is 0 Å². The van der Waals surface area contributed by atoms with Gasteiger partial charge in [0, 0.05) is 22.9 Å². The van der Waals surface area contributed by atoms with Gasteiger partial charge in [-0.1, -0.05) is 30.3 Å². The van der Waals surface area contributed by atoms with E-state index in [-0.39, 0.29) is 23.7 Å². The molecule has 0 spiro atoms. The van der Waals surface area contributed by atoms with E-state index in [9.17, 15) is 0 Å². The first kappa shape index (κ1) is 22.1. The predicted molar refractivity (Wildman–Crippen MR) is 52.9 cm³/mol. The third-order valence-corrected chi connectivity index (χ3v) is 1.69. The molecule has 0 atom stereocenters. The van der Waals surface area contributed by atoms with Gasteiger partial charge in [0.15, 0.2) is 6.29 Å². The van der Waals surface area contributed by atoms with Gasteiger partial charge >= 0.3 is 33.9 Å². The monoisotopic (exact) mass is 286 g/mol. The van der Waals surface area contributed by atoms with Crippen LogP contribution in [-0.4, -0.2) is 13.2 Å². The molecule has 0 unspecified atom stereocenters. The van der Waals surface area contributed by atoms with E-state index in [4.69, 9.17) is 23.4 Å². The van der Waals surface area contributed by atoms with Crippen LogP contribution in [0.5, 0.6) is 0 Å². The van der Waals surface area contributed by atoms with Crippen LogP contribution in [0.15, 0.2) is 30.3 Å². The zero-order valence-electron chi connectivity index (χ0n) is 9.33. The van der Waals surface area contributed by atoms with Crippen LogP contribution >= 0.6 is 0 Å². The SMILES string of the molecule is [C-]#[O+].[C-]#[O+].[C-]#[O+].[Cr].c1ccc(C2OCCO2)cc1. The first-order valence-corrected chi connectivity index (χ1v) is 4.36. The van der Waals surface area contributed by atoms with Crippen molar-refractivity contribution in [2.24, 2.45) is 0 Å². The fourth-order valence-corrected chi connectivity index (χ4v) is 1.16. The Morgan fingerprint density at radius 2 is 1.22 bits per heavy atom. The van der Waals surface area contributed by atoms with Crippen molar-refractivity contribution in [1.29, 1.82) is 0 Å². The zero-order valence-corrected chi connectivity index (χ0v) is 10.6. The Hall–Kier alpha value is -1.11. The molecule has 1 heterocycles. The van der Waals surface area contributed by atoms with E-state index in [0.717, 1.165) is 5.56 Å². The minimum absolute atomic E-state index is 0. The third kappa shape index (κ3) is 8.98. The number of ether oxygens (including phenoxy) is 2. The van der Waals surface area contributed by atoms with Crippen molar-refractivity contribution in [1.82, 2.24) is 0 Å². The maximum Gasteiger partial charge on any atom is 0.184 e. The summed E-state index contributed by atoms with van der Waals surface area (Å²) in [4.78, 5) is 0. The van der Waals surface area contributed by atoms with Crippen LogP contribution in [0, 0.1) is 20.0 Å². The van der Waals surface area contributed by atoms with Gasteiger partial charge in [-0.15, -0.1) is 0 Å². The molecule has 1 aliphatic heterocycles. The van der Waals surface area contributed by atoms with Crippen LogP contribution in [0.1, 0.15) is 11.9 Å². The fraction of sp³-hybridized carbons (Fsp3) is 0.250. The Balaban J connectivity index is -0.000000285. The summed E-state index contributed by atoms with van der Waals surface area (Å²) < 4.78 is 33.1. The number of benzene rings is 1. The molecule has 18 heavy (non-hydrogen) atoms. The molecular formula is C12H10CrO5. The molecule has 0 radical (unpaired) electrons. The van der Waals surface area contributed by atoms with Crippen molar-refractivity contribution in [3.8, 4) is 0 Å². The van der Waals surface area contributed by atoms with E-state index in [2.05, 4.69) is 20.0 Å². The molecule has 1 fully saturated rings. The largest absolute Gasteiger partial charge is 0.346 e. The molecule has 1 aliphatic rings. The quantitative estimate of drug-likeness (QED) is 0.581. The van der Waals surface area contributed by atoms with Gasteiger partial charge in [0.1, 0.15) is 0 Å². The van der Waals surface area contributed by atoms with E-state index in [1.165, 1.54) is 0 Å². The average Bonchev–Trinajstić information content (AvgIpc) is 3.01. The van der Waals surface area contributed by atoms with Gasteiger partial charge < -0.3 is 9.47 Å². The summed E-state index contributed by atoms with van der Waals surface area (Å²) in [5, 5.41) is 0. The van der Waals surface area contributed by atoms with E-state index in [1.807, 2.05) is 30.3 Å². The van der Waals surface area contributed by atoms with Gasteiger partial charge in [-0.05, 0) is 0 Å². The van der Waals surface area contributed by atoms with E-state index in [1.54, 1.807) is 0 Å². The van der Waals surface area contributed by atoms with Gasteiger partial charge in [0.2, 0.25) is 0 Å². The molecule has 5 nitrogen and oxygen atoms in total. The van der Waals surface area contributed by atoms with Gasteiger partial charge in [0.05, 0.1) is 13.2 Å². The van der Waals surface area contributed by atoms with Gasteiger partial charge in [0.25, 0.3) is 0 Å². The van der Waals surface area contributed by atoms with Crippen LogP contribution < -0.4 is 0 Å². The Morgan fingerprint density at radius 1 is 0.833 bits per heavy atom. The Kier molecular flexibility index (Phi) is 22.4. The summed E-state index contributed by atoms with van der Waals surface area (Å²) >= 11 is 0.